The lowest BCUT2D eigenvalue weighted by Gasteiger charge is -2.48. The molecule has 0 aliphatic heterocycles. The van der Waals surface area contributed by atoms with E-state index in [4.69, 9.17) is 0 Å². The number of hydrogen-bond donors (Lipinski definition) is 1. The minimum Gasteiger partial charge on any atom is -0.316 e. The maximum Gasteiger partial charge on any atom is 0.0596 e. The third-order valence-electron chi connectivity index (χ3n) is 5.12. The lowest BCUT2D eigenvalue weighted by molar-refractivity contribution is 0.172. The molecule has 1 aromatic heterocycles. The molecule has 3 heteroatoms. The molecule has 0 bridgehead atoms. The van der Waals surface area contributed by atoms with Crippen molar-refractivity contribution < 1.29 is 0 Å². The molecule has 2 aromatic rings. The van der Waals surface area contributed by atoms with Crippen LogP contribution < -0.4 is 5.32 Å². The molecule has 1 aliphatic carbocycles. The molecule has 1 saturated carbocycles. The van der Waals surface area contributed by atoms with Crippen molar-refractivity contribution in [3.8, 4) is 0 Å². The van der Waals surface area contributed by atoms with Crippen molar-refractivity contribution in [3.05, 3.63) is 53.3 Å². The fourth-order valence-electron chi connectivity index (χ4n) is 3.80. The minimum atomic E-state index is 0.286. The average Bonchev–Trinajstić information content (AvgIpc) is 2.76. The molecule has 0 spiro atoms. The van der Waals surface area contributed by atoms with Gasteiger partial charge in [-0.1, -0.05) is 36.8 Å². The number of rotatable bonds is 5. The molecular formula is C18H25N3. The van der Waals surface area contributed by atoms with Gasteiger partial charge in [0.1, 0.15) is 0 Å². The highest BCUT2D eigenvalue weighted by Crippen LogP contribution is 2.47. The highest BCUT2D eigenvalue weighted by atomic mass is 15.3. The first-order valence-corrected chi connectivity index (χ1v) is 7.88. The molecule has 3 rings (SSSR count). The largest absolute Gasteiger partial charge is 0.316 e. The summed E-state index contributed by atoms with van der Waals surface area (Å²) in [6.45, 7) is 2.06. The van der Waals surface area contributed by atoms with Crippen LogP contribution in [0.5, 0.6) is 0 Å². The molecule has 112 valence electrons. The molecule has 0 amide bonds. The topological polar surface area (TPSA) is 29.9 Å². The molecule has 1 aliphatic rings. The summed E-state index contributed by atoms with van der Waals surface area (Å²) < 4.78 is 2.02. The first kappa shape index (κ1) is 14.3. The van der Waals surface area contributed by atoms with Crippen LogP contribution in [0.25, 0.3) is 0 Å². The van der Waals surface area contributed by atoms with Crippen LogP contribution in [0.15, 0.2) is 36.4 Å². The maximum absolute atomic E-state index is 4.49. The van der Waals surface area contributed by atoms with Crippen LogP contribution in [0.3, 0.4) is 0 Å². The van der Waals surface area contributed by atoms with Gasteiger partial charge in [-0.05, 0) is 38.4 Å². The van der Waals surface area contributed by atoms with E-state index < -0.39 is 0 Å². The Morgan fingerprint density at radius 1 is 1.29 bits per heavy atom. The molecule has 21 heavy (non-hydrogen) atoms. The van der Waals surface area contributed by atoms with Gasteiger partial charge in [0.15, 0.2) is 0 Å². The van der Waals surface area contributed by atoms with Gasteiger partial charge in [0.2, 0.25) is 0 Å². The number of likely N-dealkylation sites (N-methyl/N-ethyl adjacent to an activating group) is 1. The normalized spacial score (nSPS) is 18.2. The summed E-state index contributed by atoms with van der Waals surface area (Å²) in [6.07, 6.45) is 4.92. The second-order valence-corrected chi connectivity index (χ2v) is 6.32. The van der Waals surface area contributed by atoms with Gasteiger partial charge in [-0.2, -0.15) is 5.10 Å². The van der Waals surface area contributed by atoms with Crippen LogP contribution in [0.4, 0.5) is 0 Å². The summed E-state index contributed by atoms with van der Waals surface area (Å²) in [6, 6.07) is 13.7. The first-order valence-electron chi connectivity index (χ1n) is 7.88. The van der Waals surface area contributed by atoms with Gasteiger partial charge in [-0.25, -0.2) is 0 Å². The van der Waals surface area contributed by atoms with Crippen molar-refractivity contribution in [1.29, 1.82) is 0 Å². The number of benzene rings is 1. The molecule has 1 fully saturated rings. The molecule has 1 atom stereocenters. The van der Waals surface area contributed by atoms with E-state index in [1.165, 1.54) is 30.5 Å². The van der Waals surface area contributed by atoms with Gasteiger partial charge in [-0.3, -0.25) is 4.68 Å². The van der Waals surface area contributed by atoms with Gasteiger partial charge in [0.25, 0.3) is 0 Å². The minimum absolute atomic E-state index is 0.286. The quantitative estimate of drug-likeness (QED) is 0.914. The number of nitrogens with zero attached hydrogens (tertiary/aromatic N) is 2. The van der Waals surface area contributed by atoms with Crippen LogP contribution in [0.1, 0.15) is 36.2 Å². The Hall–Kier alpha value is -1.61. The molecular weight excluding hydrogens is 258 g/mol. The maximum atomic E-state index is 4.49. The second kappa shape index (κ2) is 5.64. The fraction of sp³-hybridized carbons (Fsp3) is 0.500. The molecule has 0 radical (unpaired) electrons. The highest BCUT2D eigenvalue weighted by molar-refractivity contribution is 5.31. The Bertz CT molecular complexity index is 596. The monoisotopic (exact) mass is 283 g/mol. The van der Waals surface area contributed by atoms with Crippen molar-refractivity contribution in [2.45, 2.75) is 44.1 Å². The van der Waals surface area contributed by atoms with Gasteiger partial charge in [0, 0.05) is 30.6 Å². The van der Waals surface area contributed by atoms with E-state index in [1.807, 2.05) is 11.7 Å². The zero-order valence-electron chi connectivity index (χ0n) is 13.3. The summed E-state index contributed by atoms with van der Waals surface area (Å²) in [5.41, 5.74) is 4.18. The number of hydrogen-bond acceptors (Lipinski definition) is 2. The predicted octanol–water partition coefficient (Wildman–Crippen LogP) is 2.98. The summed E-state index contributed by atoms with van der Waals surface area (Å²) in [4.78, 5) is 0. The van der Waals surface area contributed by atoms with E-state index in [-0.39, 0.29) is 5.41 Å². The third kappa shape index (κ3) is 2.51. The van der Waals surface area contributed by atoms with E-state index in [2.05, 4.69) is 60.8 Å². The van der Waals surface area contributed by atoms with Crippen LogP contribution >= 0.6 is 0 Å². The highest BCUT2D eigenvalue weighted by Gasteiger charge is 2.44. The summed E-state index contributed by atoms with van der Waals surface area (Å²) >= 11 is 0. The summed E-state index contributed by atoms with van der Waals surface area (Å²) in [7, 11) is 4.14. The lowest BCUT2D eigenvalue weighted by Crippen LogP contribution is -2.53. The third-order valence-corrected chi connectivity index (χ3v) is 5.12. The first-order chi connectivity index (χ1) is 10.2. The molecule has 3 nitrogen and oxygen atoms in total. The molecule has 0 saturated heterocycles. The Kier molecular flexibility index (Phi) is 3.85. The zero-order valence-corrected chi connectivity index (χ0v) is 13.3. The molecule has 1 aromatic carbocycles. The van der Waals surface area contributed by atoms with Crippen LogP contribution in [-0.2, 0) is 18.9 Å². The van der Waals surface area contributed by atoms with Crippen LogP contribution in [0, 0.1) is 6.92 Å². The van der Waals surface area contributed by atoms with Crippen molar-refractivity contribution >= 4 is 0 Å². The molecule has 1 heterocycles. The fourth-order valence-corrected chi connectivity index (χ4v) is 3.80. The smallest absolute Gasteiger partial charge is 0.0596 e. The number of nitrogens with one attached hydrogen (secondary N) is 1. The molecule has 1 N–H and O–H groups in total. The van der Waals surface area contributed by atoms with E-state index >= 15 is 0 Å². The van der Waals surface area contributed by atoms with Gasteiger partial charge in [-0.15, -0.1) is 0 Å². The molecule has 1 unspecified atom stereocenters. The van der Waals surface area contributed by atoms with Gasteiger partial charge < -0.3 is 5.32 Å². The van der Waals surface area contributed by atoms with Crippen molar-refractivity contribution in [2.24, 2.45) is 7.05 Å². The standard InChI is InChI=1S/C18H25N3/c1-14-12-16(21(3)20-14)13-17(19-2)18(10-7-11-18)15-8-5-4-6-9-15/h4-6,8-9,12,17,19H,7,10-11,13H2,1-3H3. The van der Waals surface area contributed by atoms with Crippen molar-refractivity contribution in [2.75, 3.05) is 7.05 Å². The van der Waals surface area contributed by atoms with E-state index in [1.54, 1.807) is 0 Å². The summed E-state index contributed by atoms with van der Waals surface area (Å²) in [5.74, 6) is 0. The van der Waals surface area contributed by atoms with Crippen molar-refractivity contribution in [3.63, 3.8) is 0 Å². The SMILES string of the molecule is CNC(Cc1cc(C)nn1C)C1(c2ccccc2)CCC1. The Morgan fingerprint density at radius 3 is 2.48 bits per heavy atom. The van der Waals surface area contributed by atoms with E-state index in [9.17, 15) is 0 Å². The lowest BCUT2D eigenvalue weighted by atomic mass is 9.59. The number of aromatic nitrogens is 2. The Morgan fingerprint density at radius 2 is 2.00 bits per heavy atom. The summed E-state index contributed by atoms with van der Waals surface area (Å²) in [5, 5.41) is 8.07. The van der Waals surface area contributed by atoms with Gasteiger partial charge in [0.05, 0.1) is 5.69 Å². The Balaban J connectivity index is 1.89. The zero-order chi connectivity index (χ0) is 14.9. The van der Waals surface area contributed by atoms with Gasteiger partial charge >= 0.3 is 0 Å². The Labute approximate surface area is 127 Å². The van der Waals surface area contributed by atoms with Crippen molar-refractivity contribution in [1.82, 2.24) is 15.1 Å². The van der Waals surface area contributed by atoms with Crippen LogP contribution in [-0.4, -0.2) is 22.9 Å². The van der Waals surface area contributed by atoms with Crippen LogP contribution in [0.2, 0.25) is 0 Å². The van der Waals surface area contributed by atoms with E-state index in [0.29, 0.717) is 6.04 Å². The second-order valence-electron chi connectivity index (χ2n) is 6.32. The van der Waals surface area contributed by atoms with E-state index in [0.717, 1.165) is 12.1 Å². The predicted molar refractivity (Wildman–Crippen MR) is 86.5 cm³/mol. The number of aryl methyl sites for hydroxylation is 2. The average molecular weight is 283 g/mol.